The number of carbonyl (C=O) groups is 2. The van der Waals surface area contributed by atoms with Gasteiger partial charge in [0.25, 0.3) is 0 Å². The highest BCUT2D eigenvalue weighted by Crippen LogP contribution is 2.22. The van der Waals surface area contributed by atoms with Crippen molar-refractivity contribution in [2.45, 2.75) is 18.9 Å². The Kier molecular flexibility index (Phi) is 4.80. The van der Waals surface area contributed by atoms with Crippen LogP contribution in [0, 0.1) is 5.92 Å². The summed E-state index contributed by atoms with van der Waals surface area (Å²) >= 11 is 0. The number of hydrogen-bond acceptors (Lipinski definition) is 4. The van der Waals surface area contributed by atoms with Crippen LogP contribution in [-0.2, 0) is 16.0 Å². The summed E-state index contributed by atoms with van der Waals surface area (Å²) in [5.41, 5.74) is 6.43. The van der Waals surface area contributed by atoms with E-state index in [1.807, 2.05) is 12.1 Å². The Morgan fingerprint density at radius 1 is 1.48 bits per heavy atom. The second kappa shape index (κ2) is 6.58. The Balaban J connectivity index is 2.12. The van der Waals surface area contributed by atoms with Gasteiger partial charge in [0.2, 0.25) is 5.91 Å². The number of rotatable bonds is 6. The molecule has 0 radical (unpaired) electrons. The van der Waals surface area contributed by atoms with Crippen molar-refractivity contribution in [2.75, 3.05) is 20.2 Å². The number of nitrogens with zero attached hydrogens (tertiary/aromatic N) is 1. The van der Waals surface area contributed by atoms with Crippen molar-refractivity contribution in [1.29, 1.82) is 0 Å². The molecule has 1 saturated heterocycles. The molecule has 1 amide bonds. The molecular formula is C15H20N2O4. The van der Waals surface area contributed by atoms with Gasteiger partial charge in [-0.05, 0) is 30.2 Å². The van der Waals surface area contributed by atoms with E-state index in [0.717, 1.165) is 5.56 Å². The molecule has 0 spiro atoms. The number of methoxy groups -OCH3 is 1. The van der Waals surface area contributed by atoms with Gasteiger partial charge in [-0.15, -0.1) is 0 Å². The summed E-state index contributed by atoms with van der Waals surface area (Å²) in [5, 5.41) is 9.42. The van der Waals surface area contributed by atoms with Gasteiger partial charge < -0.3 is 20.5 Å². The van der Waals surface area contributed by atoms with Crippen LogP contribution in [0.5, 0.6) is 5.75 Å². The SMILES string of the molecule is COc1ccc(C[C@H](C(=O)O)N2CC(CN)CC2=O)cc1. The van der Waals surface area contributed by atoms with E-state index in [1.54, 1.807) is 19.2 Å². The summed E-state index contributed by atoms with van der Waals surface area (Å²) in [6.07, 6.45) is 0.616. The lowest BCUT2D eigenvalue weighted by molar-refractivity contribution is -0.148. The third kappa shape index (κ3) is 3.52. The minimum atomic E-state index is -0.989. The average Bonchev–Trinajstić information content (AvgIpc) is 2.86. The minimum absolute atomic E-state index is 0.0511. The van der Waals surface area contributed by atoms with Crippen LogP contribution in [0.25, 0.3) is 0 Å². The number of carboxylic acid groups (broad SMARTS) is 1. The lowest BCUT2D eigenvalue weighted by Crippen LogP contribution is -2.44. The second-order valence-corrected chi connectivity index (χ2v) is 5.26. The molecule has 1 aliphatic heterocycles. The average molecular weight is 292 g/mol. The largest absolute Gasteiger partial charge is 0.497 e. The lowest BCUT2D eigenvalue weighted by Gasteiger charge is -2.24. The second-order valence-electron chi connectivity index (χ2n) is 5.26. The van der Waals surface area contributed by atoms with Gasteiger partial charge in [-0.2, -0.15) is 0 Å². The normalized spacial score (nSPS) is 19.6. The molecule has 1 fully saturated rings. The molecule has 1 aromatic rings. The smallest absolute Gasteiger partial charge is 0.326 e. The van der Waals surface area contributed by atoms with Crippen LogP contribution in [0.3, 0.4) is 0 Å². The number of nitrogens with two attached hydrogens (primary N) is 1. The van der Waals surface area contributed by atoms with E-state index in [4.69, 9.17) is 10.5 Å². The summed E-state index contributed by atoms with van der Waals surface area (Å²) < 4.78 is 5.07. The first-order valence-corrected chi connectivity index (χ1v) is 6.90. The van der Waals surface area contributed by atoms with Gasteiger partial charge in [0.05, 0.1) is 7.11 Å². The fourth-order valence-electron chi connectivity index (χ4n) is 2.58. The topological polar surface area (TPSA) is 92.9 Å². The minimum Gasteiger partial charge on any atom is -0.497 e. The third-order valence-corrected chi connectivity index (χ3v) is 3.82. The maximum atomic E-state index is 12.0. The van der Waals surface area contributed by atoms with Crippen LogP contribution >= 0.6 is 0 Å². The first-order chi connectivity index (χ1) is 10.0. The zero-order chi connectivity index (χ0) is 15.4. The van der Waals surface area contributed by atoms with Crippen LogP contribution < -0.4 is 10.5 Å². The first-order valence-electron chi connectivity index (χ1n) is 6.90. The van der Waals surface area contributed by atoms with Crippen LogP contribution in [0.2, 0.25) is 0 Å². The number of carbonyl (C=O) groups excluding carboxylic acids is 1. The van der Waals surface area contributed by atoms with E-state index in [9.17, 15) is 14.7 Å². The molecule has 114 valence electrons. The van der Waals surface area contributed by atoms with Gasteiger partial charge in [-0.25, -0.2) is 4.79 Å². The molecule has 1 aliphatic rings. The van der Waals surface area contributed by atoms with Crippen molar-refractivity contribution in [3.05, 3.63) is 29.8 Å². The fraction of sp³-hybridized carbons (Fsp3) is 0.467. The van der Waals surface area contributed by atoms with E-state index in [1.165, 1.54) is 4.90 Å². The molecule has 3 N–H and O–H groups in total. The molecule has 2 rings (SSSR count). The van der Waals surface area contributed by atoms with Crippen LogP contribution in [0.1, 0.15) is 12.0 Å². The zero-order valence-electron chi connectivity index (χ0n) is 12.0. The van der Waals surface area contributed by atoms with Crippen molar-refractivity contribution in [3.63, 3.8) is 0 Å². The van der Waals surface area contributed by atoms with Crippen LogP contribution in [0.15, 0.2) is 24.3 Å². The predicted molar refractivity (Wildman–Crippen MR) is 77.0 cm³/mol. The molecular weight excluding hydrogens is 272 g/mol. The Labute approximate surface area is 123 Å². The summed E-state index contributed by atoms with van der Waals surface area (Å²) in [4.78, 5) is 24.9. The molecule has 2 atom stereocenters. The summed E-state index contributed by atoms with van der Waals surface area (Å²) in [6.45, 7) is 0.819. The molecule has 6 nitrogen and oxygen atoms in total. The van der Waals surface area contributed by atoms with E-state index in [0.29, 0.717) is 25.3 Å². The van der Waals surface area contributed by atoms with Crippen molar-refractivity contribution in [2.24, 2.45) is 11.7 Å². The Morgan fingerprint density at radius 3 is 2.62 bits per heavy atom. The van der Waals surface area contributed by atoms with Crippen molar-refractivity contribution >= 4 is 11.9 Å². The Morgan fingerprint density at radius 2 is 2.14 bits per heavy atom. The summed E-state index contributed by atoms with van der Waals surface area (Å²) in [7, 11) is 1.57. The molecule has 0 aromatic heterocycles. The van der Waals surface area contributed by atoms with Crippen molar-refractivity contribution in [3.8, 4) is 5.75 Å². The highest BCUT2D eigenvalue weighted by Gasteiger charge is 2.37. The Hall–Kier alpha value is -2.08. The molecule has 21 heavy (non-hydrogen) atoms. The highest BCUT2D eigenvalue weighted by molar-refractivity contribution is 5.85. The van der Waals surface area contributed by atoms with Crippen molar-refractivity contribution < 1.29 is 19.4 Å². The summed E-state index contributed by atoms with van der Waals surface area (Å²) in [6, 6.07) is 6.35. The first kappa shape index (κ1) is 15.3. The lowest BCUT2D eigenvalue weighted by atomic mass is 10.0. The van der Waals surface area contributed by atoms with Gasteiger partial charge in [-0.3, -0.25) is 4.79 Å². The van der Waals surface area contributed by atoms with Gasteiger partial charge >= 0.3 is 5.97 Å². The summed E-state index contributed by atoms with van der Waals surface area (Å²) in [5.74, 6) is -0.357. The number of ether oxygens (including phenoxy) is 1. The molecule has 0 bridgehead atoms. The molecule has 1 aromatic carbocycles. The number of aliphatic carboxylic acids is 1. The van der Waals surface area contributed by atoms with E-state index >= 15 is 0 Å². The molecule has 0 aliphatic carbocycles. The van der Waals surface area contributed by atoms with Gasteiger partial charge in [-0.1, -0.05) is 12.1 Å². The number of likely N-dealkylation sites (tertiary alicyclic amines) is 1. The third-order valence-electron chi connectivity index (χ3n) is 3.82. The Bertz CT molecular complexity index is 515. The van der Waals surface area contributed by atoms with Gasteiger partial charge in [0, 0.05) is 19.4 Å². The maximum Gasteiger partial charge on any atom is 0.326 e. The maximum absolute atomic E-state index is 12.0. The van der Waals surface area contributed by atoms with Crippen LogP contribution in [0.4, 0.5) is 0 Å². The molecule has 1 unspecified atom stereocenters. The molecule has 6 heteroatoms. The standard InChI is InChI=1S/C15H20N2O4/c1-21-12-4-2-10(3-5-12)6-13(15(19)20)17-9-11(8-16)7-14(17)18/h2-5,11,13H,6-9,16H2,1H3,(H,19,20)/t11?,13-/m1/s1. The number of amides is 1. The monoisotopic (exact) mass is 292 g/mol. The van der Waals surface area contributed by atoms with Crippen LogP contribution in [-0.4, -0.2) is 48.1 Å². The number of hydrogen-bond donors (Lipinski definition) is 2. The quantitative estimate of drug-likeness (QED) is 0.796. The number of carboxylic acids is 1. The molecule has 1 heterocycles. The fourth-order valence-corrected chi connectivity index (χ4v) is 2.58. The molecule has 0 saturated carbocycles. The van der Waals surface area contributed by atoms with Crippen molar-refractivity contribution in [1.82, 2.24) is 4.90 Å². The van der Waals surface area contributed by atoms with E-state index in [-0.39, 0.29) is 18.2 Å². The zero-order valence-corrected chi connectivity index (χ0v) is 12.0. The van der Waals surface area contributed by atoms with E-state index in [2.05, 4.69) is 0 Å². The highest BCUT2D eigenvalue weighted by atomic mass is 16.5. The predicted octanol–water partition coefficient (Wildman–Crippen LogP) is 0.498. The number of benzene rings is 1. The van der Waals surface area contributed by atoms with E-state index < -0.39 is 12.0 Å². The van der Waals surface area contributed by atoms with Gasteiger partial charge in [0.1, 0.15) is 11.8 Å². The van der Waals surface area contributed by atoms with Gasteiger partial charge in [0.15, 0.2) is 0 Å².